The standard InChI is InChI=1S/C12H14F3NO2S/c1-8(6-7-17)16-11(18)9-4-2-3-5-10(9)19-12(13,14)15/h2-5,8,17H,6-7H2,1H3,(H,16,18). The Labute approximate surface area is 113 Å². The van der Waals surface area contributed by atoms with Gasteiger partial charge in [0.15, 0.2) is 0 Å². The van der Waals surface area contributed by atoms with Crippen LogP contribution in [0, 0.1) is 0 Å². The molecule has 3 nitrogen and oxygen atoms in total. The number of aliphatic hydroxyl groups is 1. The van der Waals surface area contributed by atoms with Crippen molar-refractivity contribution in [2.24, 2.45) is 0 Å². The van der Waals surface area contributed by atoms with Crippen LogP contribution in [0.1, 0.15) is 23.7 Å². The second-order valence-electron chi connectivity index (χ2n) is 3.93. The third kappa shape index (κ3) is 5.52. The third-order valence-corrected chi connectivity index (χ3v) is 3.10. The molecule has 0 bridgehead atoms. The highest BCUT2D eigenvalue weighted by Gasteiger charge is 2.31. The number of hydrogen-bond acceptors (Lipinski definition) is 3. The van der Waals surface area contributed by atoms with E-state index in [-0.39, 0.29) is 34.9 Å². The van der Waals surface area contributed by atoms with Crippen LogP contribution in [0.5, 0.6) is 0 Å². The number of aliphatic hydroxyl groups excluding tert-OH is 1. The van der Waals surface area contributed by atoms with Crippen LogP contribution < -0.4 is 5.32 Å². The minimum atomic E-state index is -4.44. The van der Waals surface area contributed by atoms with Gasteiger partial charge < -0.3 is 10.4 Å². The fourth-order valence-electron chi connectivity index (χ4n) is 1.44. The van der Waals surface area contributed by atoms with Crippen molar-refractivity contribution in [3.63, 3.8) is 0 Å². The minimum Gasteiger partial charge on any atom is -0.396 e. The van der Waals surface area contributed by atoms with E-state index in [1.807, 2.05) is 0 Å². The molecule has 0 fully saturated rings. The van der Waals surface area contributed by atoms with E-state index in [2.05, 4.69) is 5.32 Å². The minimum absolute atomic E-state index is 0.0189. The second kappa shape index (κ2) is 6.81. The van der Waals surface area contributed by atoms with Crippen LogP contribution in [0.4, 0.5) is 13.2 Å². The first kappa shape index (κ1) is 15.8. The van der Waals surface area contributed by atoms with E-state index in [1.165, 1.54) is 24.3 Å². The number of amides is 1. The maximum Gasteiger partial charge on any atom is 0.446 e. The number of carbonyl (C=O) groups is 1. The van der Waals surface area contributed by atoms with E-state index in [0.29, 0.717) is 6.42 Å². The highest BCUT2D eigenvalue weighted by Crippen LogP contribution is 2.38. The summed E-state index contributed by atoms with van der Waals surface area (Å²) in [5.41, 5.74) is -4.46. The zero-order valence-corrected chi connectivity index (χ0v) is 11.0. The molecule has 0 saturated heterocycles. The molecule has 1 atom stereocenters. The van der Waals surface area contributed by atoms with Crippen molar-refractivity contribution in [2.45, 2.75) is 29.8 Å². The van der Waals surface area contributed by atoms with E-state index >= 15 is 0 Å². The molecule has 1 rings (SSSR count). The summed E-state index contributed by atoms with van der Waals surface area (Å²) in [5, 5.41) is 11.3. The maximum atomic E-state index is 12.4. The summed E-state index contributed by atoms with van der Waals surface area (Å²) in [6.45, 7) is 1.58. The molecular formula is C12H14F3NO2S. The first-order valence-electron chi connectivity index (χ1n) is 5.60. The molecule has 0 spiro atoms. The van der Waals surface area contributed by atoms with E-state index in [4.69, 9.17) is 5.11 Å². The van der Waals surface area contributed by atoms with Crippen LogP contribution in [-0.4, -0.2) is 29.2 Å². The Kier molecular flexibility index (Phi) is 5.68. The van der Waals surface area contributed by atoms with Crippen LogP contribution in [-0.2, 0) is 0 Å². The SMILES string of the molecule is CC(CCO)NC(=O)c1ccccc1SC(F)(F)F. The van der Waals surface area contributed by atoms with Crippen LogP contribution in [0.3, 0.4) is 0 Å². The van der Waals surface area contributed by atoms with Crippen LogP contribution in [0.15, 0.2) is 29.2 Å². The normalized spacial score (nSPS) is 13.1. The van der Waals surface area contributed by atoms with Crippen LogP contribution in [0.25, 0.3) is 0 Å². The molecule has 0 aromatic heterocycles. The monoisotopic (exact) mass is 293 g/mol. The zero-order valence-electron chi connectivity index (χ0n) is 10.2. The van der Waals surface area contributed by atoms with Gasteiger partial charge in [0.05, 0.1) is 5.56 Å². The molecule has 0 saturated carbocycles. The Bertz CT molecular complexity index is 437. The topological polar surface area (TPSA) is 49.3 Å². The molecule has 0 aliphatic carbocycles. The van der Waals surface area contributed by atoms with Gasteiger partial charge in [-0.3, -0.25) is 4.79 Å². The van der Waals surface area contributed by atoms with Gasteiger partial charge in [0.2, 0.25) is 0 Å². The molecule has 106 valence electrons. The van der Waals surface area contributed by atoms with Gasteiger partial charge in [-0.15, -0.1) is 0 Å². The predicted molar refractivity (Wildman–Crippen MR) is 67.0 cm³/mol. The van der Waals surface area contributed by atoms with E-state index < -0.39 is 11.4 Å². The maximum absolute atomic E-state index is 12.4. The van der Waals surface area contributed by atoms with Crippen molar-refractivity contribution < 1.29 is 23.1 Å². The summed E-state index contributed by atoms with van der Waals surface area (Å²) in [6, 6.07) is 5.24. The van der Waals surface area contributed by atoms with Crippen LogP contribution >= 0.6 is 11.8 Å². The summed E-state index contributed by atoms with van der Waals surface area (Å²) >= 11 is -0.314. The lowest BCUT2D eigenvalue weighted by Crippen LogP contribution is -2.33. The summed E-state index contributed by atoms with van der Waals surface area (Å²) in [7, 11) is 0. The van der Waals surface area contributed by atoms with Crippen molar-refractivity contribution in [1.82, 2.24) is 5.32 Å². The average molecular weight is 293 g/mol. The van der Waals surface area contributed by atoms with Gasteiger partial charge in [-0.1, -0.05) is 12.1 Å². The smallest absolute Gasteiger partial charge is 0.396 e. The lowest BCUT2D eigenvalue weighted by Gasteiger charge is -2.15. The Morgan fingerprint density at radius 1 is 1.42 bits per heavy atom. The number of benzene rings is 1. The van der Waals surface area contributed by atoms with Gasteiger partial charge in [0, 0.05) is 17.5 Å². The summed E-state index contributed by atoms with van der Waals surface area (Å²) < 4.78 is 37.1. The fourth-order valence-corrected chi connectivity index (χ4v) is 2.10. The van der Waals surface area contributed by atoms with Gasteiger partial charge >= 0.3 is 5.51 Å². The van der Waals surface area contributed by atoms with E-state index in [1.54, 1.807) is 6.92 Å². The lowest BCUT2D eigenvalue weighted by atomic mass is 10.2. The first-order chi connectivity index (χ1) is 8.83. The summed E-state index contributed by atoms with van der Waals surface area (Å²) in [4.78, 5) is 11.7. The lowest BCUT2D eigenvalue weighted by molar-refractivity contribution is -0.0328. The number of nitrogens with one attached hydrogen (secondary N) is 1. The molecule has 7 heteroatoms. The fraction of sp³-hybridized carbons (Fsp3) is 0.417. The summed E-state index contributed by atoms with van der Waals surface area (Å²) in [6.07, 6.45) is 0.348. The molecule has 19 heavy (non-hydrogen) atoms. The molecule has 1 unspecified atom stereocenters. The number of hydrogen-bond donors (Lipinski definition) is 2. The van der Waals surface area contributed by atoms with Crippen molar-refractivity contribution in [1.29, 1.82) is 0 Å². The number of carbonyl (C=O) groups excluding carboxylic acids is 1. The molecule has 2 N–H and O–H groups in total. The largest absolute Gasteiger partial charge is 0.446 e. The Morgan fingerprint density at radius 2 is 2.05 bits per heavy atom. The predicted octanol–water partition coefficient (Wildman–Crippen LogP) is 2.80. The van der Waals surface area contributed by atoms with Gasteiger partial charge in [-0.25, -0.2) is 0 Å². The highest BCUT2D eigenvalue weighted by molar-refractivity contribution is 8.00. The molecule has 0 radical (unpaired) electrons. The zero-order chi connectivity index (χ0) is 14.5. The van der Waals surface area contributed by atoms with E-state index in [0.717, 1.165) is 0 Å². The summed E-state index contributed by atoms with van der Waals surface area (Å²) in [5.74, 6) is -0.576. The Balaban J connectivity index is 2.85. The molecule has 0 aliphatic heterocycles. The molecule has 1 aromatic rings. The first-order valence-corrected chi connectivity index (χ1v) is 6.41. The highest BCUT2D eigenvalue weighted by atomic mass is 32.2. The third-order valence-electron chi connectivity index (χ3n) is 2.30. The van der Waals surface area contributed by atoms with Gasteiger partial charge in [0.1, 0.15) is 0 Å². The van der Waals surface area contributed by atoms with E-state index in [9.17, 15) is 18.0 Å². The molecule has 0 heterocycles. The van der Waals surface area contributed by atoms with Crippen molar-refractivity contribution in [2.75, 3.05) is 6.61 Å². The average Bonchev–Trinajstić information content (AvgIpc) is 2.27. The Morgan fingerprint density at radius 3 is 2.63 bits per heavy atom. The molecule has 1 aromatic carbocycles. The van der Waals surface area contributed by atoms with Gasteiger partial charge in [-0.2, -0.15) is 13.2 Å². The molecular weight excluding hydrogens is 279 g/mol. The van der Waals surface area contributed by atoms with Crippen molar-refractivity contribution in [3.05, 3.63) is 29.8 Å². The Hall–Kier alpha value is -1.21. The molecule has 1 amide bonds. The number of halogens is 3. The van der Waals surface area contributed by atoms with Crippen molar-refractivity contribution >= 4 is 17.7 Å². The molecule has 0 aliphatic rings. The van der Waals surface area contributed by atoms with Crippen LogP contribution in [0.2, 0.25) is 0 Å². The van der Waals surface area contributed by atoms with Crippen molar-refractivity contribution in [3.8, 4) is 0 Å². The van der Waals surface area contributed by atoms with Gasteiger partial charge in [0.25, 0.3) is 5.91 Å². The number of rotatable bonds is 5. The quantitative estimate of drug-likeness (QED) is 0.821. The van der Waals surface area contributed by atoms with Gasteiger partial charge in [-0.05, 0) is 37.2 Å². The number of thioether (sulfide) groups is 1. The number of alkyl halides is 3. The second-order valence-corrected chi connectivity index (χ2v) is 5.04.